The summed E-state index contributed by atoms with van der Waals surface area (Å²) >= 11 is 1.58. The maximum atomic E-state index is 13.1. The molecule has 0 saturated heterocycles. The van der Waals surface area contributed by atoms with Gasteiger partial charge in [0.15, 0.2) is 0 Å². The summed E-state index contributed by atoms with van der Waals surface area (Å²) in [5.74, 6) is -1.24. The van der Waals surface area contributed by atoms with Gasteiger partial charge in [-0.25, -0.2) is 4.79 Å². The summed E-state index contributed by atoms with van der Waals surface area (Å²) in [5, 5.41) is 0. The van der Waals surface area contributed by atoms with Crippen molar-refractivity contribution in [3.05, 3.63) is 95.6 Å². The van der Waals surface area contributed by atoms with E-state index in [4.69, 9.17) is 4.74 Å². The van der Waals surface area contributed by atoms with Crippen LogP contribution in [-0.4, -0.2) is 35.0 Å². The first-order valence-corrected chi connectivity index (χ1v) is 10.7. The molecule has 5 nitrogen and oxygen atoms in total. The number of carbonyl (C=O) groups is 3. The Labute approximate surface area is 178 Å². The molecule has 0 N–H and O–H groups in total. The van der Waals surface area contributed by atoms with Gasteiger partial charge in [-0.2, -0.15) is 0 Å². The van der Waals surface area contributed by atoms with Gasteiger partial charge in [-0.3, -0.25) is 14.5 Å². The molecule has 0 unspecified atom stereocenters. The number of esters is 1. The molecule has 1 atom stereocenters. The average molecular weight is 417 g/mol. The quantitative estimate of drug-likeness (QED) is 0.260. The monoisotopic (exact) mass is 417 g/mol. The molecule has 3 aromatic carbocycles. The summed E-state index contributed by atoms with van der Waals surface area (Å²) in [5.41, 5.74) is 1.43. The first kappa shape index (κ1) is 19.9. The molecule has 6 heteroatoms. The van der Waals surface area contributed by atoms with Crippen molar-refractivity contribution < 1.29 is 19.1 Å². The number of imide groups is 1. The number of rotatable bonds is 6. The van der Waals surface area contributed by atoms with Gasteiger partial charge in [0.2, 0.25) is 0 Å². The number of hydrogen-bond acceptors (Lipinski definition) is 5. The van der Waals surface area contributed by atoms with Gasteiger partial charge in [-0.15, -0.1) is 11.8 Å². The minimum absolute atomic E-state index is 0.175. The summed E-state index contributed by atoms with van der Waals surface area (Å²) in [6.07, 6.45) is 2.13. The van der Waals surface area contributed by atoms with Crippen LogP contribution in [-0.2, 0) is 11.2 Å². The Morgan fingerprint density at radius 3 is 2.00 bits per heavy atom. The molecule has 0 saturated carbocycles. The van der Waals surface area contributed by atoms with Gasteiger partial charge in [0.1, 0.15) is 11.8 Å². The molecule has 0 aliphatic carbocycles. The van der Waals surface area contributed by atoms with E-state index >= 15 is 0 Å². The molecule has 1 heterocycles. The van der Waals surface area contributed by atoms with Crippen LogP contribution < -0.4 is 4.74 Å². The third-order valence-electron chi connectivity index (χ3n) is 4.96. The normalized spacial score (nSPS) is 13.8. The Kier molecular flexibility index (Phi) is 5.68. The van der Waals surface area contributed by atoms with Gasteiger partial charge in [-0.1, -0.05) is 42.5 Å². The van der Waals surface area contributed by atoms with Crippen molar-refractivity contribution in [3.8, 4) is 5.75 Å². The fourth-order valence-corrected chi connectivity index (χ4v) is 3.84. The van der Waals surface area contributed by atoms with Crippen molar-refractivity contribution in [2.75, 3.05) is 6.26 Å². The van der Waals surface area contributed by atoms with Crippen molar-refractivity contribution in [2.45, 2.75) is 17.4 Å². The maximum Gasteiger partial charge on any atom is 0.335 e. The number of ether oxygens (including phenoxy) is 1. The van der Waals surface area contributed by atoms with Gasteiger partial charge in [0.25, 0.3) is 11.8 Å². The number of carbonyl (C=O) groups excluding carboxylic acids is 3. The lowest BCUT2D eigenvalue weighted by Crippen LogP contribution is -2.48. The second kappa shape index (κ2) is 8.55. The fraction of sp³-hybridized carbons (Fsp3) is 0.125. The lowest BCUT2D eigenvalue weighted by atomic mass is 10.0. The smallest absolute Gasteiger partial charge is 0.335 e. The average Bonchev–Trinajstić information content (AvgIpc) is 3.03. The van der Waals surface area contributed by atoms with Crippen molar-refractivity contribution in [1.29, 1.82) is 0 Å². The molecule has 150 valence electrons. The Balaban J connectivity index is 1.65. The van der Waals surface area contributed by atoms with Crippen LogP contribution in [0.5, 0.6) is 5.75 Å². The third-order valence-corrected chi connectivity index (χ3v) is 5.70. The van der Waals surface area contributed by atoms with Crippen LogP contribution in [0.15, 0.2) is 83.8 Å². The van der Waals surface area contributed by atoms with Crippen LogP contribution in [0.4, 0.5) is 0 Å². The Morgan fingerprint density at radius 1 is 0.867 bits per heavy atom. The molecule has 1 aliphatic heterocycles. The predicted molar refractivity (Wildman–Crippen MR) is 115 cm³/mol. The molecule has 4 rings (SSSR count). The second-order valence-corrected chi connectivity index (χ2v) is 7.71. The molecule has 30 heavy (non-hydrogen) atoms. The number of nitrogens with zero attached hydrogens (tertiary/aromatic N) is 1. The van der Waals surface area contributed by atoms with Gasteiger partial charge in [-0.05, 0) is 48.2 Å². The van der Waals surface area contributed by atoms with E-state index in [1.165, 1.54) is 0 Å². The van der Waals surface area contributed by atoms with Crippen LogP contribution in [0.25, 0.3) is 0 Å². The summed E-state index contributed by atoms with van der Waals surface area (Å²) in [4.78, 5) is 41.1. The van der Waals surface area contributed by atoms with Crippen molar-refractivity contribution in [2.24, 2.45) is 0 Å². The number of benzene rings is 3. The lowest BCUT2D eigenvalue weighted by molar-refractivity contribution is -0.138. The minimum Gasteiger partial charge on any atom is -0.425 e. The molecule has 0 fully saturated rings. The van der Waals surface area contributed by atoms with Crippen molar-refractivity contribution in [1.82, 2.24) is 4.90 Å². The number of amides is 2. The standard InChI is InChI=1S/C24H19NO4S/c1-30-18-13-11-17(12-14-18)29-24(28)21(15-16-7-3-2-4-8-16)25-22(26)19-9-5-6-10-20(19)23(25)27/h2-14,21H,15H2,1H3/t21-/m0/s1. The predicted octanol–water partition coefficient (Wildman–Crippen LogP) is 4.22. The molecule has 1 aliphatic rings. The molecular weight excluding hydrogens is 398 g/mol. The van der Waals surface area contributed by atoms with Gasteiger partial charge in [0, 0.05) is 11.3 Å². The van der Waals surface area contributed by atoms with Crippen LogP contribution >= 0.6 is 11.8 Å². The zero-order valence-electron chi connectivity index (χ0n) is 16.3. The second-order valence-electron chi connectivity index (χ2n) is 6.83. The van der Waals surface area contributed by atoms with E-state index in [1.807, 2.05) is 48.7 Å². The Bertz CT molecular complexity index is 1060. The van der Waals surface area contributed by atoms with E-state index in [1.54, 1.807) is 48.2 Å². The highest BCUT2D eigenvalue weighted by molar-refractivity contribution is 7.98. The van der Waals surface area contributed by atoms with E-state index < -0.39 is 23.8 Å². The van der Waals surface area contributed by atoms with Gasteiger partial charge >= 0.3 is 5.97 Å². The maximum absolute atomic E-state index is 13.1. The summed E-state index contributed by atoms with van der Waals surface area (Å²) in [7, 11) is 0. The van der Waals surface area contributed by atoms with E-state index in [2.05, 4.69) is 0 Å². The SMILES string of the molecule is CSc1ccc(OC(=O)[C@H](Cc2ccccc2)N2C(=O)c3ccccc3C2=O)cc1. The number of thioether (sulfide) groups is 1. The molecular formula is C24H19NO4S. The number of fused-ring (bicyclic) bond motifs is 1. The molecule has 3 aromatic rings. The minimum atomic E-state index is -1.07. The first-order chi connectivity index (χ1) is 14.6. The highest BCUT2D eigenvalue weighted by Gasteiger charge is 2.43. The van der Waals surface area contributed by atoms with Crippen molar-refractivity contribution >= 4 is 29.5 Å². The fourth-order valence-electron chi connectivity index (χ4n) is 3.44. The van der Waals surface area contributed by atoms with Crippen LogP contribution in [0.1, 0.15) is 26.3 Å². The summed E-state index contributed by atoms with van der Waals surface area (Å²) in [6, 6.07) is 21.9. The molecule has 0 radical (unpaired) electrons. The van der Waals surface area contributed by atoms with Gasteiger partial charge < -0.3 is 4.74 Å². The molecule has 2 amide bonds. The molecule has 0 spiro atoms. The van der Waals surface area contributed by atoms with E-state index in [0.29, 0.717) is 16.9 Å². The van der Waals surface area contributed by atoms with E-state index in [0.717, 1.165) is 15.4 Å². The first-order valence-electron chi connectivity index (χ1n) is 9.45. The van der Waals surface area contributed by atoms with Crippen LogP contribution in [0.2, 0.25) is 0 Å². The summed E-state index contributed by atoms with van der Waals surface area (Å²) in [6.45, 7) is 0. The highest BCUT2D eigenvalue weighted by Crippen LogP contribution is 2.27. The van der Waals surface area contributed by atoms with Crippen LogP contribution in [0.3, 0.4) is 0 Å². The van der Waals surface area contributed by atoms with Crippen LogP contribution in [0, 0.1) is 0 Å². The zero-order chi connectivity index (χ0) is 21.1. The Morgan fingerprint density at radius 2 is 1.43 bits per heavy atom. The Hall–Kier alpha value is -3.38. The molecule has 0 bridgehead atoms. The van der Waals surface area contributed by atoms with Crippen molar-refractivity contribution in [3.63, 3.8) is 0 Å². The topological polar surface area (TPSA) is 63.7 Å². The zero-order valence-corrected chi connectivity index (χ0v) is 17.1. The van der Waals surface area contributed by atoms with Gasteiger partial charge in [0.05, 0.1) is 11.1 Å². The largest absolute Gasteiger partial charge is 0.425 e. The third kappa shape index (κ3) is 3.86. The van der Waals surface area contributed by atoms with E-state index in [9.17, 15) is 14.4 Å². The molecule has 0 aromatic heterocycles. The number of hydrogen-bond donors (Lipinski definition) is 0. The van der Waals surface area contributed by atoms with E-state index in [-0.39, 0.29) is 6.42 Å². The lowest BCUT2D eigenvalue weighted by Gasteiger charge is -2.24. The highest BCUT2D eigenvalue weighted by atomic mass is 32.2. The summed E-state index contributed by atoms with van der Waals surface area (Å²) < 4.78 is 5.56.